The molecule has 80 valence electrons. The minimum atomic E-state index is 0.211. The average molecular weight is 206 g/mol. The number of nitriles is 1. The first-order chi connectivity index (χ1) is 7.22. The lowest BCUT2D eigenvalue weighted by Gasteiger charge is -2.08. The monoisotopic (exact) mass is 206 g/mol. The highest BCUT2D eigenvalue weighted by Gasteiger charge is 1.97. The number of pyridine rings is 1. The minimum absolute atomic E-state index is 0.211. The highest BCUT2D eigenvalue weighted by atomic mass is 16.5. The third kappa shape index (κ3) is 4.43. The lowest BCUT2D eigenvalue weighted by Crippen LogP contribution is -2.11. The van der Waals surface area contributed by atoms with Crippen molar-refractivity contribution >= 4 is 0 Å². The van der Waals surface area contributed by atoms with E-state index in [-0.39, 0.29) is 6.10 Å². The second kappa shape index (κ2) is 5.99. The van der Waals surface area contributed by atoms with Crippen LogP contribution in [0.3, 0.4) is 0 Å². The zero-order valence-electron chi connectivity index (χ0n) is 8.93. The van der Waals surface area contributed by atoms with Crippen LogP contribution < -0.4 is 4.74 Å². The molecular weight excluding hydrogens is 192 g/mol. The number of hydrogen-bond acceptors (Lipinski definition) is 4. The van der Waals surface area contributed by atoms with Crippen molar-refractivity contribution in [2.75, 3.05) is 13.2 Å². The molecule has 0 aromatic carbocycles. The summed E-state index contributed by atoms with van der Waals surface area (Å²) in [6.45, 7) is 4.95. The highest BCUT2D eigenvalue weighted by Crippen LogP contribution is 2.06. The third-order valence-electron chi connectivity index (χ3n) is 1.65. The molecule has 0 radical (unpaired) electrons. The van der Waals surface area contributed by atoms with E-state index < -0.39 is 0 Å². The van der Waals surface area contributed by atoms with Crippen molar-refractivity contribution in [3.63, 3.8) is 0 Å². The highest BCUT2D eigenvalue weighted by molar-refractivity contribution is 5.28. The van der Waals surface area contributed by atoms with E-state index in [9.17, 15) is 0 Å². The van der Waals surface area contributed by atoms with Crippen molar-refractivity contribution in [1.29, 1.82) is 5.26 Å². The molecule has 0 N–H and O–H groups in total. The molecule has 0 aliphatic carbocycles. The van der Waals surface area contributed by atoms with Gasteiger partial charge in [0.15, 0.2) is 0 Å². The van der Waals surface area contributed by atoms with Crippen molar-refractivity contribution < 1.29 is 9.47 Å². The van der Waals surface area contributed by atoms with E-state index >= 15 is 0 Å². The quantitative estimate of drug-likeness (QED) is 0.689. The molecule has 1 aromatic heterocycles. The van der Waals surface area contributed by atoms with Crippen LogP contribution >= 0.6 is 0 Å². The molecular formula is C11H14N2O2. The van der Waals surface area contributed by atoms with Crippen molar-refractivity contribution in [2.45, 2.75) is 20.0 Å². The molecule has 0 bridgehead atoms. The maximum Gasteiger partial charge on any atom is 0.213 e. The Kier molecular flexibility index (Phi) is 4.58. The Balaban J connectivity index is 2.29. The molecule has 0 saturated carbocycles. The van der Waals surface area contributed by atoms with Crippen molar-refractivity contribution in [3.05, 3.63) is 23.9 Å². The summed E-state index contributed by atoms with van der Waals surface area (Å²) >= 11 is 0. The minimum Gasteiger partial charge on any atom is -0.475 e. The van der Waals surface area contributed by atoms with Gasteiger partial charge in [-0.25, -0.2) is 4.98 Å². The van der Waals surface area contributed by atoms with Crippen LogP contribution in [-0.4, -0.2) is 24.3 Å². The van der Waals surface area contributed by atoms with Crippen LogP contribution in [0.5, 0.6) is 5.88 Å². The van der Waals surface area contributed by atoms with E-state index in [4.69, 9.17) is 14.7 Å². The number of nitrogens with zero attached hydrogens (tertiary/aromatic N) is 2. The summed E-state index contributed by atoms with van der Waals surface area (Å²) in [4.78, 5) is 3.97. The number of ether oxygens (including phenoxy) is 2. The molecule has 0 saturated heterocycles. The number of hydrogen-bond donors (Lipinski definition) is 0. The summed E-state index contributed by atoms with van der Waals surface area (Å²) in [5.41, 5.74) is 0.529. The van der Waals surface area contributed by atoms with Gasteiger partial charge < -0.3 is 9.47 Å². The second-order valence-corrected chi connectivity index (χ2v) is 3.26. The summed E-state index contributed by atoms with van der Waals surface area (Å²) < 4.78 is 10.6. The largest absolute Gasteiger partial charge is 0.475 e. The van der Waals surface area contributed by atoms with Gasteiger partial charge in [0.25, 0.3) is 0 Å². The Morgan fingerprint density at radius 3 is 2.73 bits per heavy atom. The molecule has 1 heterocycles. The smallest absolute Gasteiger partial charge is 0.213 e. The predicted octanol–water partition coefficient (Wildman–Crippen LogP) is 1.76. The first kappa shape index (κ1) is 11.5. The molecule has 1 aromatic rings. The SMILES string of the molecule is CC(C)OCCOc1ccc(C#N)cn1. The van der Waals surface area contributed by atoms with Crippen LogP contribution in [-0.2, 0) is 4.74 Å². The Hall–Kier alpha value is -1.60. The Bertz CT molecular complexity index is 327. The summed E-state index contributed by atoms with van der Waals surface area (Å²) in [6.07, 6.45) is 1.70. The first-order valence-electron chi connectivity index (χ1n) is 4.83. The van der Waals surface area contributed by atoms with E-state index in [0.29, 0.717) is 24.7 Å². The molecule has 0 amide bonds. The normalized spacial score (nSPS) is 10.0. The summed E-state index contributed by atoms with van der Waals surface area (Å²) in [5, 5.41) is 8.55. The van der Waals surface area contributed by atoms with Crippen LogP contribution in [0.15, 0.2) is 18.3 Å². The van der Waals surface area contributed by atoms with Crippen molar-refractivity contribution in [2.24, 2.45) is 0 Å². The van der Waals surface area contributed by atoms with E-state index in [1.165, 1.54) is 6.20 Å². The molecule has 4 nitrogen and oxygen atoms in total. The number of aromatic nitrogens is 1. The maximum atomic E-state index is 8.55. The molecule has 0 atom stereocenters. The Morgan fingerprint density at radius 1 is 1.40 bits per heavy atom. The molecule has 4 heteroatoms. The van der Waals surface area contributed by atoms with Gasteiger partial charge >= 0.3 is 0 Å². The topological polar surface area (TPSA) is 55.1 Å². The predicted molar refractivity (Wildman–Crippen MR) is 55.5 cm³/mol. The second-order valence-electron chi connectivity index (χ2n) is 3.26. The summed E-state index contributed by atoms with van der Waals surface area (Å²) in [5.74, 6) is 0.515. The van der Waals surface area contributed by atoms with Crippen LogP contribution in [0.2, 0.25) is 0 Å². The fourth-order valence-electron chi connectivity index (χ4n) is 0.962. The maximum absolute atomic E-state index is 8.55. The van der Waals surface area contributed by atoms with Gasteiger partial charge in [0, 0.05) is 12.3 Å². The standard InChI is InChI=1S/C11H14N2O2/c1-9(2)14-5-6-15-11-4-3-10(7-12)8-13-11/h3-4,8-9H,5-6H2,1-2H3. The lowest BCUT2D eigenvalue weighted by atomic mass is 10.3. The van der Waals surface area contributed by atoms with E-state index in [0.717, 1.165) is 0 Å². The summed E-state index contributed by atoms with van der Waals surface area (Å²) in [6, 6.07) is 5.34. The van der Waals surface area contributed by atoms with Gasteiger partial charge in [-0.05, 0) is 19.9 Å². The fraction of sp³-hybridized carbons (Fsp3) is 0.455. The van der Waals surface area contributed by atoms with Gasteiger partial charge in [0.1, 0.15) is 12.7 Å². The molecule has 1 rings (SSSR count). The Labute approximate surface area is 89.5 Å². The van der Waals surface area contributed by atoms with Crippen molar-refractivity contribution in [3.8, 4) is 11.9 Å². The van der Waals surface area contributed by atoms with E-state index in [2.05, 4.69) is 4.98 Å². The molecule has 15 heavy (non-hydrogen) atoms. The van der Waals surface area contributed by atoms with Gasteiger partial charge in [0.05, 0.1) is 18.3 Å². The van der Waals surface area contributed by atoms with E-state index in [1.807, 2.05) is 19.9 Å². The van der Waals surface area contributed by atoms with Gasteiger partial charge in [-0.15, -0.1) is 0 Å². The Morgan fingerprint density at radius 2 is 2.20 bits per heavy atom. The van der Waals surface area contributed by atoms with Crippen LogP contribution in [0, 0.1) is 11.3 Å². The number of rotatable bonds is 5. The van der Waals surface area contributed by atoms with Crippen LogP contribution in [0.1, 0.15) is 19.4 Å². The van der Waals surface area contributed by atoms with Gasteiger partial charge in [0.2, 0.25) is 5.88 Å². The molecule has 0 aliphatic heterocycles. The molecule has 0 fully saturated rings. The molecule has 0 unspecified atom stereocenters. The van der Waals surface area contributed by atoms with Crippen LogP contribution in [0.4, 0.5) is 0 Å². The van der Waals surface area contributed by atoms with Crippen LogP contribution in [0.25, 0.3) is 0 Å². The van der Waals surface area contributed by atoms with Gasteiger partial charge in [-0.2, -0.15) is 5.26 Å². The third-order valence-corrected chi connectivity index (χ3v) is 1.65. The molecule has 0 spiro atoms. The molecule has 0 aliphatic rings. The lowest BCUT2D eigenvalue weighted by molar-refractivity contribution is 0.0542. The average Bonchev–Trinajstić information content (AvgIpc) is 2.25. The fourth-order valence-corrected chi connectivity index (χ4v) is 0.962. The van der Waals surface area contributed by atoms with Crippen molar-refractivity contribution in [1.82, 2.24) is 4.98 Å². The first-order valence-corrected chi connectivity index (χ1v) is 4.83. The van der Waals surface area contributed by atoms with E-state index in [1.54, 1.807) is 12.1 Å². The van der Waals surface area contributed by atoms with Gasteiger partial charge in [-0.1, -0.05) is 0 Å². The van der Waals surface area contributed by atoms with Gasteiger partial charge in [-0.3, -0.25) is 0 Å². The summed E-state index contributed by atoms with van der Waals surface area (Å²) in [7, 11) is 0. The zero-order valence-corrected chi connectivity index (χ0v) is 8.93. The zero-order chi connectivity index (χ0) is 11.1.